The SMILES string of the molecule is O[C@H](COC(c1ccccc1)(c1ccccc1)c1ccccc1)[C@@H]1OCO[C@@H]1[C@@H](O)COC(c1ccccc1)(c1ccccc1)c1ccccc1. The van der Waals surface area contributed by atoms with Gasteiger partial charge >= 0.3 is 0 Å². The van der Waals surface area contributed by atoms with Crippen molar-refractivity contribution in [3.63, 3.8) is 0 Å². The Morgan fingerprint density at radius 3 is 0.843 bits per heavy atom. The molecule has 1 fully saturated rings. The Morgan fingerprint density at radius 2 is 0.627 bits per heavy atom. The first kappa shape index (κ1) is 34.5. The van der Waals surface area contributed by atoms with Gasteiger partial charge in [-0.2, -0.15) is 0 Å². The number of benzene rings is 6. The van der Waals surface area contributed by atoms with Gasteiger partial charge in [0.15, 0.2) is 0 Å². The molecule has 51 heavy (non-hydrogen) atoms. The lowest BCUT2D eigenvalue weighted by Crippen LogP contribution is -2.48. The monoisotopic (exact) mass is 678 g/mol. The van der Waals surface area contributed by atoms with Gasteiger partial charge in [-0.1, -0.05) is 182 Å². The van der Waals surface area contributed by atoms with Gasteiger partial charge in [0.2, 0.25) is 0 Å². The molecular weight excluding hydrogens is 636 g/mol. The lowest BCUT2D eigenvalue weighted by molar-refractivity contribution is -0.112. The normalized spacial score (nSPS) is 17.5. The Hall–Kier alpha value is -4.92. The van der Waals surface area contributed by atoms with E-state index in [1.807, 2.05) is 182 Å². The van der Waals surface area contributed by atoms with E-state index in [4.69, 9.17) is 18.9 Å². The molecule has 258 valence electrons. The van der Waals surface area contributed by atoms with Gasteiger partial charge in [0, 0.05) is 0 Å². The summed E-state index contributed by atoms with van der Waals surface area (Å²) in [6.45, 7) is -0.274. The first-order valence-electron chi connectivity index (χ1n) is 17.3. The standard InChI is InChI=1S/C45H42O6/c46-40(31-50-44(34-19-7-1-8-20-34,35-21-9-2-10-22-35)36-23-11-3-12-24-36)42-43(49-33-48-42)41(47)32-51-45(37-25-13-4-14-26-37,38-27-15-5-16-28-38)39-29-17-6-18-30-39/h1-30,40-43,46-47H,31-33H2/t40-,41+,42+,43-. The minimum Gasteiger partial charge on any atom is -0.388 e. The lowest BCUT2D eigenvalue weighted by Gasteiger charge is -2.38. The first-order chi connectivity index (χ1) is 25.1. The summed E-state index contributed by atoms with van der Waals surface area (Å²) in [6.07, 6.45) is -4.01. The largest absolute Gasteiger partial charge is 0.388 e. The van der Waals surface area contributed by atoms with Gasteiger partial charge in [0.05, 0.1) is 13.2 Å². The molecule has 0 saturated carbocycles. The van der Waals surface area contributed by atoms with Crippen molar-refractivity contribution in [3.05, 3.63) is 215 Å². The fraction of sp³-hybridized carbons (Fsp3) is 0.200. The average Bonchev–Trinajstić information content (AvgIpc) is 3.72. The van der Waals surface area contributed by atoms with Gasteiger partial charge in [-0.15, -0.1) is 0 Å². The molecule has 7 rings (SSSR count). The molecule has 0 amide bonds. The predicted molar refractivity (Wildman–Crippen MR) is 197 cm³/mol. The van der Waals surface area contributed by atoms with Crippen LogP contribution < -0.4 is 0 Å². The molecule has 0 bridgehead atoms. The van der Waals surface area contributed by atoms with Crippen molar-refractivity contribution in [1.29, 1.82) is 0 Å². The van der Waals surface area contributed by atoms with Crippen LogP contribution in [0.25, 0.3) is 0 Å². The van der Waals surface area contributed by atoms with Gasteiger partial charge in [-0.05, 0) is 33.4 Å². The molecule has 1 saturated heterocycles. The predicted octanol–water partition coefficient (Wildman–Crippen LogP) is 7.47. The van der Waals surface area contributed by atoms with Gasteiger partial charge in [-0.3, -0.25) is 0 Å². The van der Waals surface area contributed by atoms with Crippen molar-refractivity contribution in [3.8, 4) is 0 Å². The van der Waals surface area contributed by atoms with Crippen LogP contribution in [0.15, 0.2) is 182 Å². The third-order valence-corrected chi connectivity index (χ3v) is 9.63. The van der Waals surface area contributed by atoms with Crippen molar-refractivity contribution in [2.45, 2.75) is 35.6 Å². The molecule has 0 spiro atoms. The van der Waals surface area contributed by atoms with Crippen LogP contribution in [0.5, 0.6) is 0 Å². The number of rotatable bonds is 14. The van der Waals surface area contributed by atoms with E-state index in [0.29, 0.717) is 0 Å². The molecule has 6 aromatic rings. The van der Waals surface area contributed by atoms with Gasteiger partial charge in [0.1, 0.15) is 42.4 Å². The average molecular weight is 679 g/mol. The second kappa shape index (κ2) is 16.0. The maximum absolute atomic E-state index is 11.8. The molecule has 1 aliphatic rings. The van der Waals surface area contributed by atoms with Crippen molar-refractivity contribution >= 4 is 0 Å². The van der Waals surface area contributed by atoms with Gasteiger partial charge in [0.25, 0.3) is 0 Å². The van der Waals surface area contributed by atoms with E-state index in [1.165, 1.54) is 0 Å². The molecule has 4 atom stereocenters. The zero-order valence-electron chi connectivity index (χ0n) is 28.3. The summed E-state index contributed by atoms with van der Waals surface area (Å²) < 4.78 is 25.7. The summed E-state index contributed by atoms with van der Waals surface area (Å²) in [6, 6.07) is 60.0. The highest BCUT2D eigenvalue weighted by Gasteiger charge is 2.45. The Kier molecular flexibility index (Phi) is 10.8. The molecule has 6 aromatic carbocycles. The summed E-state index contributed by atoms with van der Waals surface area (Å²) in [7, 11) is 0. The summed E-state index contributed by atoms with van der Waals surface area (Å²) in [5.41, 5.74) is 3.46. The maximum Gasteiger partial charge on any atom is 0.148 e. The van der Waals surface area contributed by atoms with E-state index in [1.54, 1.807) is 0 Å². The van der Waals surface area contributed by atoms with Crippen LogP contribution in [0.3, 0.4) is 0 Å². The minimum absolute atomic E-state index is 0.0775. The molecule has 0 unspecified atom stereocenters. The topological polar surface area (TPSA) is 77.4 Å². The van der Waals surface area contributed by atoms with Crippen molar-refractivity contribution in [2.75, 3.05) is 20.0 Å². The molecule has 6 heteroatoms. The molecular formula is C45H42O6. The highest BCUT2D eigenvalue weighted by Crippen LogP contribution is 2.42. The van der Waals surface area contributed by atoms with Crippen LogP contribution in [0.2, 0.25) is 0 Å². The second-order valence-electron chi connectivity index (χ2n) is 12.7. The smallest absolute Gasteiger partial charge is 0.148 e. The van der Waals surface area contributed by atoms with Crippen molar-refractivity contribution in [2.24, 2.45) is 0 Å². The van der Waals surface area contributed by atoms with Crippen molar-refractivity contribution in [1.82, 2.24) is 0 Å². The Labute approximate surface area is 299 Å². The van der Waals surface area contributed by atoms with E-state index in [9.17, 15) is 10.2 Å². The van der Waals surface area contributed by atoms with Crippen LogP contribution in [0.1, 0.15) is 33.4 Å². The van der Waals surface area contributed by atoms with Gasteiger partial charge < -0.3 is 29.2 Å². The zero-order chi connectivity index (χ0) is 34.9. The third-order valence-electron chi connectivity index (χ3n) is 9.63. The van der Waals surface area contributed by atoms with Crippen LogP contribution in [-0.2, 0) is 30.1 Å². The number of ether oxygens (including phenoxy) is 4. The highest BCUT2D eigenvalue weighted by molar-refractivity contribution is 5.49. The third kappa shape index (κ3) is 7.03. The number of hydrogen-bond donors (Lipinski definition) is 2. The van der Waals surface area contributed by atoms with E-state index in [0.717, 1.165) is 33.4 Å². The van der Waals surface area contributed by atoms with Crippen LogP contribution >= 0.6 is 0 Å². The maximum atomic E-state index is 11.8. The summed E-state index contributed by atoms with van der Waals surface area (Å²) in [5.74, 6) is 0. The second-order valence-corrected chi connectivity index (χ2v) is 12.7. The quantitative estimate of drug-likeness (QED) is 0.117. The number of aliphatic hydroxyl groups excluding tert-OH is 2. The molecule has 6 nitrogen and oxygen atoms in total. The minimum atomic E-state index is -1.13. The van der Waals surface area contributed by atoms with E-state index in [-0.39, 0.29) is 20.0 Å². The Morgan fingerprint density at radius 1 is 0.412 bits per heavy atom. The van der Waals surface area contributed by atoms with Crippen molar-refractivity contribution < 1.29 is 29.2 Å². The van der Waals surface area contributed by atoms with Gasteiger partial charge in [-0.25, -0.2) is 0 Å². The van der Waals surface area contributed by atoms with Crippen LogP contribution in [0.4, 0.5) is 0 Å². The molecule has 1 heterocycles. The number of hydrogen-bond acceptors (Lipinski definition) is 6. The summed E-state index contributed by atoms with van der Waals surface area (Å²) in [5, 5.41) is 23.5. The van der Waals surface area contributed by atoms with E-state index >= 15 is 0 Å². The highest BCUT2D eigenvalue weighted by atomic mass is 16.7. The summed E-state index contributed by atoms with van der Waals surface area (Å²) >= 11 is 0. The Bertz CT molecular complexity index is 1570. The molecule has 0 aromatic heterocycles. The molecule has 1 aliphatic heterocycles. The molecule has 2 N–H and O–H groups in total. The Balaban J connectivity index is 1.16. The summed E-state index contributed by atoms with van der Waals surface area (Å²) in [4.78, 5) is 0. The first-order valence-corrected chi connectivity index (χ1v) is 17.3. The van der Waals surface area contributed by atoms with E-state index in [2.05, 4.69) is 0 Å². The fourth-order valence-electron chi connectivity index (χ4n) is 7.19. The zero-order valence-corrected chi connectivity index (χ0v) is 28.3. The fourth-order valence-corrected chi connectivity index (χ4v) is 7.19. The number of aliphatic hydroxyl groups is 2. The van der Waals surface area contributed by atoms with E-state index < -0.39 is 35.6 Å². The van der Waals surface area contributed by atoms with Crippen LogP contribution in [-0.4, -0.2) is 54.6 Å². The lowest BCUT2D eigenvalue weighted by atomic mass is 9.80. The van der Waals surface area contributed by atoms with Crippen LogP contribution in [0, 0.1) is 0 Å². The molecule has 0 aliphatic carbocycles. The molecule has 0 radical (unpaired) electrons.